The molecule has 0 N–H and O–H groups in total. The van der Waals surface area contributed by atoms with Crippen molar-refractivity contribution in [3.63, 3.8) is 0 Å². The molecule has 1 atom stereocenters. The smallest absolute Gasteiger partial charge is 0.258 e. The van der Waals surface area contributed by atoms with E-state index >= 15 is 0 Å². The lowest BCUT2D eigenvalue weighted by Gasteiger charge is -2.36. The number of piperidine rings is 1. The molecule has 0 aliphatic carbocycles. The third-order valence-corrected chi connectivity index (χ3v) is 5.25. The van der Waals surface area contributed by atoms with Gasteiger partial charge in [-0.25, -0.2) is 9.50 Å². The van der Waals surface area contributed by atoms with E-state index in [9.17, 15) is 4.79 Å². The summed E-state index contributed by atoms with van der Waals surface area (Å²) in [4.78, 5) is 21.0. The average molecular weight is 363 g/mol. The van der Waals surface area contributed by atoms with Crippen molar-refractivity contribution in [1.82, 2.24) is 24.4 Å². The maximum atomic E-state index is 12.4. The number of hydrogen-bond acceptors (Lipinski definition) is 4. The minimum absolute atomic E-state index is 0.0700. The second-order valence-corrected chi connectivity index (χ2v) is 7.33. The van der Waals surface area contributed by atoms with Gasteiger partial charge in [0.25, 0.3) is 5.91 Å². The number of likely N-dealkylation sites (tertiary alicyclic amines) is 1. The number of nitrogens with zero attached hydrogens (tertiary/aromatic N) is 5. The fourth-order valence-electron chi connectivity index (χ4n) is 3.89. The summed E-state index contributed by atoms with van der Waals surface area (Å²) in [6, 6.07) is 12.9. The van der Waals surface area contributed by atoms with E-state index in [1.807, 2.05) is 10.6 Å². The topological polar surface area (TPSA) is 53.7 Å². The van der Waals surface area contributed by atoms with Crippen LogP contribution in [-0.4, -0.2) is 50.9 Å². The van der Waals surface area contributed by atoms with Crippen LogP contribution in [0.15, 0.2) is 48.8 Å². The summed E-state index contributed by atoms with van der Waals surface area (Å²) in [6.45, 7) is 1.98. The number of benzene rings is 1. The number of aromatic nitrogens is 3. The average Bonchev–Trinajstić information content (AvgIpc) is 3.13. The van der Waals surface area contributed by atoms with Crippen molar-refractivity contribution < 1.29 is 4.79 Å². The van der Waals surface area contributed by atoms with E-state index in [1.165, 1.54) is 18.4 Å². The zero-order valence-corrected chi connectivity index (χ0v) is 15.9. The summed E-state index contributed by atoms with van der Waals surface area (Å²) in [5.74, 6) is -0.0700. The van der Waals surface area contributed by atoms with Gasteiger partial charge in [-0.1, -0.05) is 36.8 Å². The van der Waals surface area contributed by atoms with Gasteiger partial charge in [0.15, 0.2) is 5.65 Å². The molecule has 0 radical (unpaired) electrons. The van der Waals surface area contributed by atoms with Gasteiger partial charge in [-0.15, -0.1) is 0 Å². The molecule has 6 nitrogen and oxygen atoms in total. The van der Waals surface area contributed by atoms with Crippen molar-refractivity contribution in [2.75, 3.05) is 20.6 Å². The highest BCUT2D eigenvalue weighted by atomic mass is 16.2. The molecule has 1 amide bonds. The van der Waals surface area contributed by atoms with Crippen molar-refractivity contribution in [2.24, 2.45) is 0 Å². The summed E-state index contributed by atoms with van der Waals surface area (Å²) >= 11 is 0. The van der Waals surface area contributed by atoms with Crippen LogP contribution >= 0.6 is 0 Å². The first kappa shape index (κ1) is 17.7. The van der Waals surface area contributed by atoms with Crippen LogP contribution in [0, 0.1) is 0 Å². The molecule has 0 saturated carbocycles. The second-order valence-electron chi connectivity index (χ2n) is 7.33. The van der Waals surface area contributed by atoms with Crippen LogP contribution < -0.4 is 0 Å². The Kier molecular flexibility index (Phi) is 4.90. The predicted octanol–water partition coefficient (Wildman–Crippen LogP) is 3.16. The van der Waals surface area contributed by atoms with Gasteiger partial charge in [-0.2, -0.15) is 5.10 Å². The number of fused-ring (bicyclic) bond motifs is 1. The molecule has 1 aromatic carbocycles. The van der Waals surface area contributed by atoms with Crippen molar-refractivity contribution in [2.45, 2.75) is 31.8 Å². The van der Waals surface area contributed by atoms with Gasteiger partial charge >= 0.3 is 0 Å². The summed E-state index contributed by atoms with van der Waals surface area (Å²) in [6.07, 6.45) is 6.93. The highest BCUT2D eigenvalue weighted by Gasteiger charge is 2.27. The third kappa shape index (κ3) is 3.45. The van der Waals surface area contributed by atoms with Crippen LogP contribution in [0.5, 0.6) is 0 Å². The number of carbonyl (C=O) groups excluding carboxylic acids is 1. The molecule has 1 saturated heterocycles. The fraction of sp³-hybridized carbons (Fsp3) is 0.381. The molecule has 6 heteroatoms. The molecular weight excluding hydrogens is 338 g/mol. The van der Waals surface area contributed by atoms with Crippen LogP contribution in [0.1, 0.15) is 46.9 Å². The Labute approximate surface area is 159 Å². The van der Waals surface area contributed by atoms with E-state index < -0.39 is 0 Å². The van der Waals surface area contributed by atoms with E-state index in [4.69, 9.17) is 0 Å². The largest absolute Gasteiger partial charge is 0.345 e. The summed E-state index contributed by atoms with van der Waals surface area (Å²) in [5, 5.41) is 4.52. The number of hydrogen-bond donors (Lipinski definition) is 0. The maximum Gasteiger partial charge on any atom is 0.258 e. The summed E-state index contributed by atoms with van der Waals surface area (Å²) in [7, 11) is 3.50. The SMILES string of the molecule is CN(C)C(=O)c1cnn2c([C@H]3CCCCN3Cc3ccccc3)ccnc12. The van der Waals surface area contributed by atoms with Gasteiger partial charge in [0.1, 0.15) is 5.56 Å². The van der Waals surface area contributed by atoms with Crippen LogP contribution in [0.25, 0.3) is 5.65 Å². The summed E-state index contributed by atoms with van der Waals surface area (Å²) < 4.78 is 1.85. The minimum atomic E-state index is -0.0700. The van der Waals surface area contributed by atoms with E-state index in [0.29, 0.717) is 11.2 Å². The van der Waals surface area contributed by atoms with Gasteiger partial charge in [-0.3, -0.25) is 9.69 Å². The van der Waals surface area contributed by atoms with Crippen LogP contribution in [-0.2, 0) is 6.54 Å². The zero-order valence-electron chi connectivity index (χ0n) is 15.9. The molecule has 0 bridgehead atoms. The Morgan fingerprint density at radius 2 is 2.00 bits per heavy atom. The van der Waals surface area contributed by atoms with E-state index in [0.717, 1.165) is 25.2 Å². The molecular formula is C21H25N5O. The molecule has 1 aliphatic heterocycles. The quantitative estimate of drug-likeness (QED) is 0.714. The monoisotopic (exact) mass is 363 g/mol. The normalized spacial score (nSPS) is 17.9. The Hall–Kier alpha value is -2.73. The first-order chi connectivity index (χ1) is 13.1. The fourth-order valence-corrected chi connectivity index (χ4v) is 3.89. The van der Waals surface area contributed by atoms with Gasteiger partial charge in [0, 0.05) is 26.8 Å². The Morgan fingerprint density at radius 3 is 2.78 bits per heavy atom. The van der Waals surface area contributed by atoms with E-state index in [-0.39, 0.29) is 11.9 Å². The first-order valence-corrected chi connectivity index (χ1v) is 9.47. The van der Waals surface area contributed by atoms with Gasteiger partial charge in [0.05, 0.1) is 17.9 Å². The number of amides is 1. The van der Waals surface area contributed by atoms with Crippen LogP contribution in [0.2, 0.25) is 0 Å². The molecule has 2 aromatic heterocycles. The highest BCUT2D eigenvalue weighted by molar-refractivity contribution is 5.99. The zero-order chi connectivity index (χ0) is 18.8. The molecule has 1 fully saturated rings. The maximum absolute atomic E-state index is 12.4. The number of carbonyl (C=O) groups is 1. The molecule has 140 valence electrons. The van der Waals surface area contributed by atoms with Crippen molar-refractivity contribution in [3.05, 3.63) is 65.6 Å². The Morgan fingerprint density at radius 1 is 1.19 bits per heavy atom. The molecule has 3 heterocycles. The van der Waals surface area contributed by atoms with Gasteiger partial charge in [0.2, 0.25) is 0 Å². The van der Waals surface area contributed by atoms with Crippen LogP contribution in [0.4, 0.5) is 0 Å². The molecule has 4 rings (SSSR count). The predicted molar refractivity (Wildman–Crippen MR) is 104 cm³/mol. The standard InChI is InChI=1S/C21H25N5O/c1-24(2)21(27)17-14-23-26-19(11-12-22-20(17)26)18-10-6-7-13-25(18)15-16-8-4-3-5-9-16/h3-5,8-9,11-12,14,18H,6-7,10,13,15H2,1-2H3/t18-/m1/s1. The Bertz CT molecular complexity index is 934. The van der Waals surface area contributed by atoms with E-state index in [1.54, 1.807) is 31.4 Å². The number of rotatable bonds is 4. The minimum Gasteiger partial charge on any atom is -0.345 e. The second kappa shape index (κ2) is 7.48. The first-order valence-electron chi connectivity index (χ1n) is 9.47. The molecule has 1 aliphatic rings. The molecule has 3 aromatic rings. The third-order valence-electron chi connectivity index (χ3n) is 5.25. The Balaban J connectivity index is 1.70. The highest BCUT2D eigenvalue weighted by Crippen LogP contribution is 2.32. The molecule has 0 unspecified atom stereocenters. The lowest BCUT2D eigenvalue weighted by Crippen LogP contribution is -2.34. The molecule has 0 spiro atoms. The van der Waals surface area contributed by atoms with Crippen molar-refractivity contribution in [3.8, 4) is 0 Å². The lowest BCUT2D eigenvalue weighted by molar-refractivity contribution is 0.0829. The van der Waals surface area contributed by atoms with Crippen LogP contribution in [0.3, 0.4) is 0 Å². The van der Waals surface area contributed by atoms with E-state index in [2.05, 4.69) is 45.3 Å². The van der Waals surface area contributed by atoms with Gasteiger partial charge in [-0.05, 0) is 31.0 Å². The summed E-state index contributed by atoms with van der Waals surface area (Å²) in [5.41, 5.74) is 3.61. The van der Waals surface area contributed by atoms with Crippen molar-refractivity contribution in [1.29, 1.82) is 0 Å². The lowest BCUT2D eigenvalue weighted by atomic mass is 9.98. The van der Waals surface area contributed by atoms with Gasteiger partial charge < -0.3 is 4.90 Å². The van der Waals surface area contributed by atoms with Crippen molar-refractivity contribution >= 4 is 11.6 Å². The molecule has 27 heavy (non-hydrogen) atoms.